The number of aryl methyl sites for hydroxylation is 1. The number of hydrogen-bond acceptors (Lipinski definition) is 4. The molecule has 1 aliphatic heterocycles. The van der Waals surface area contributed by atoms with Gasteiger partial charge in [0, 0.05) is 6.42 Å². The van der Waals surface area contributed by atoms with Crippen molar-refractivity contribution >= 4 is 11.9 Å². The van der Waals surface area contributed by atoms with E-state index in [2.05, 4.69) is 0 Å². The standard InChI is InChI=1S/C14H16O4/c1-3-17-13(15)11-8-12(18-14(11)16)10-6-4-9(2)5-7-10/h4-7,11-12H,3,8H2,1-2H3. The van der Waals surface area contributed by atoms with Crippen LogP contribution in [0.5, 0.6) is 0 Å². The molecule has 0 bridgehead atoms. The third-order valence-corrected chi connectivity index (χ3v) is 3.01. The summed E-state index contributed by atoms with van der Waals surface area (Å²) in [5.74, 6) is -1.76. The smallest absolute Gasteiger partial charge is 0.321 e. The Bertz CT molecular complexity index is 449. The molecule has 2 atom stereocenters. The minimum absolute atomic E-state index is 0.276. The van der Waals surface area contributed by atoms with Crippen LogP contribution in [0.4, 0.5) is 0 Å². The van der Waals surface area contributed by atoms with E-state index in [1.54, 1.807) is 6.92 Å². The highest BCUT2D eigenvalue weighted by Crippen LogP contribution is 2.34. The van der Waals surface area contributed by atoms with Crippen LogP contribution in [-0.4, -0.2) is 18.5 Å². The van der Waals surface area contributed by atoms with Gasteiger partial charge >= 0.3 is 11.9 Å². The number of ether oxygens (including phenoxy) is 2. The molecule has 0 spiro atoms. The van der Waals surface area contributed by atoms with E-state index in [0.717, 1.165) is 11.1 Å². The van der Waals surface area contributed by atoms with Crippen molar-refractivity contribution in [1.29, 1.82) is 0 Å². The summed E-state index contributed by atoms with van der Waals surface area (Å²) in [7, 11) is 0. The molecule has 18 heavy (non-hydrogen) atoms. The second kappa shape index (κ2) is 5.21. The second-order valence-electron chi connectivity index (χ2n) is 4.38. The molecule has 2 rings (SSSR count). The average Bonchev–Trinajstić information content (AvgIpc) is 2.72. The quantitative estimate of drug-likeness (QED) is 0.607. The van der Waals surface area contributed by atoms with Crippen molar-refractivity contribution < 1.29 is 19.1 Å². The van der Waals surface area contributed by atoms with Crippen molar-refractivity contribution in [2.45, 2.75) is 26.4 Å². The number of cyclic esters (lactones) is 1. The molecule has 0 aliphatic carbocycles. The predicted molar refractivity (Wildman–Crippen MR) is 64.8 cm³/mol. The van der Waals surface area contributed by atoms with Crippen LogP contribution in [-0.2, 0) is 19.1 Å². The van der Waals surface area contributed by atoms with Crippen molar-refractivity contribution in [3.63, 3.8) is 0 Å². The molecule has 1 aromatic rings. The van der Waals surface area contributed by atoms with Gasteiger partial charge in [-0.05, 0) is 19.4 Å². The number of esters is 2. The molecule has 0 amide bonds. The Morgan fingerprint density at radius 1 is 1.39 bits per heavy atom. The monoisotopic (exact) mass is 248 g/mol. The third-order valence-electron chi connectivity index (χ3n) is 3.01. The summed E-state index contributed by atoms with van der Waals surface area (Å²) in [6.45, 7) is 3.99. The number of carbonyl (C=O) groups excluding carboxylic acids is 2. The minimum Gasteiger partial charge on any atom is -0.465 e. The van der Waals surface area contributed by atoms with E-state index < -0.39 is 17.9 Å². The molecule has 1 aliphatic rings. The van der Waals surface area contributed by atoms with Crippen molar-refractivity contribution in [2.75, 3.05) is 6.61 Å². The van der Waals surface area contributed by atoms with Crippen LogP contribution >= 0.6 is 0 Å². The van der Waals surface area contributed by atoms with Gasteiger partial charge in [0.1, 0.15) is 6.10 Å². The normalized spacial score (nSPS) is 22.7. The molecule has 4 nitrogen and oxygen atoms in total. The first-order valence-electron chi connectivity index (χ1n) is 6.05. The predicted octanol–water partition coefficient (Wildman–Crippen LogP) is 2.16. The van der Waals surface area contributed by atoms with E-state index in [1.807, 2.05) is 31.2 Å². The molecule has 1 fully saturated rings. The summed E-state index contributed by atoms with van der Waals surface area (Å²) in [4.78, 5) is 23.2. The van der Waals surface area contributed by atoms with E-state index in [9.17, 15) is 9.59 Å². The van der Waals surface area contributed by atoms with Gasteiger partial charge in [-0.25, -0.2) is 0 Å². The van der Waals surface area contributed by atoms with Crippen molar-refractivity contribution in [3.8, 4) is 0 Å². The molecular weight excluding hydrogens is 232 g/mol. The van der Waals surface area contributed by atoms with E-state index >= 15 is 0 Å². The van der Waals surface area contributed by atoms with Crippen LogP contribution in [0.1, 0.15) is 30.6 Å². The summed E-state index contributed by atoms with van der Waals surface area (Å²) in [5, 5.41) is 0. The van der Waals surface area contributed by atoms with Crippen LogP contribution in [0, 0.1) is 12.8 Å². The summed E-state index contributed by atoms with van der Waals surface area (Å²) < 4.78 is 10.1. The maximum absolute atomic E-state index is 11.6. The van der Waals surface area contributed by atoms with Crippen LogP contribution in [0.15, 0.2) is 24.3 Å². The van der Waals surface area contributed by atoms with Crippen LogP contribution in [0.3, 0.4) is 0 Å². The SMILES string of the molecule is CCOC(=O)C1CC(c2ccc(C)cc2)OC1=O. The highest BCUT2D eigenvalue weighted by Gasteiger charge is 2.41. The Hall–Kier alpha value is -1.84. The number of benzene rings is 1. The molecule has 0 N–H and O–H groups in total. The Balaban J connectivity index is 2.08. The molecule has 1 aromatic carbocycles. The van der Waals surface area contributed by atoms with Gasteiger partial charge in [0.05, 0.1) is 6.61 Å². The maximum Gasteiger partial charge on any atom is 0.321 e. The number of carbonyl (C=O) groups is 2. The summed E-state index contributed by atoms with van der Waals surface area (Å²) in [5.41, 5.74) is 2.06. The highest BCUT2D eigenvalue weighted by atomic mass is 16.6. The Labute approximate surface area is 106 Å². The van der Waals surface area contributed by atoms with Gasteiger partial charge in [-0.3, -0.25) is 9.59 Å². The van der Waals surface area contributed by atoms with E-state index in [1.165, 1.54) is 0 Å². The van der Waals surface area contributed by atoms with Gasteiger partial charge in [0.2, 0.25) is 0 Å². The van der Waals surface area contributed by atoms with Gasteiger partial charge in [-0.15, -0.1) is 0 Å². The zero-order valence-corrected chi connectivity index (χ0v) is 10.5. The largest absolute Gasteiger partial charge is 0.465 e. The molecule has 0 aromatic heterocycles. The first-order valence-corrected chi connectivity index (χ1v) is 6.05. The van der Waals surface area contributed by atoms with Gasteiger partial charge in [-0.1, -0.05) is 29.8 Å². The first-order chi connectivity index (χ1) is 8.61. The van der Waals surface area contributed by atoms with E-state index in [0.29, 0.717) is 6.42 Å². The Morgan fingerprint density at radius 3 is 2.67 bits per heavy atom. The molecule has 2 unspecified atom stereocenters. The second-order valence-corrected chi connectivity index (χ2v) is 4.38. The average molecular weight is 248 g/mol. The fraction of sp³-hybridized carbons (Fsp3) is 0.429. The van der Waals surface area contributed by atoms with Gasteiger partial charge < -0.3 is 9.47 Å². The first kappa shape index (κ1) is 12.6. The summed E-state index contributed by atoms with van der Waals surface area (Å²) in [6, 6.07) is 7.75. The molecule has 0 saturated carbocycles. The molecule has 1 heterocycles. The lowest BCUT2D eigenvalue weighted by Gasteiger charge is -2.09. The van der Waals surface area contributed by atoms with Crippen molar-refractivity contribution in [1.82, 2.24) is 0 Å². The van der Waals surface area contributed by atoms with Gasteiger partial charge in [0.25, 0.3) is 0 Å². The van der Waals surface area contributed by atoms with Crippen LogP contribution < -0.4 is 0 Å². The Morgan fingerprint density at radius 2 is 2.06 bits per heavy atom. The van der Waals surface area contributed by atoms with E-state index in [-0.39, 0.29) is 12.7 Å². The Kier molecular flexibility index (Phi) is 3.65. The summed E-state index contributed by atoms with van der Waals surface area (Å²) >= 11 is 0. The number of hydrogen-bond donors (Lipinski definition) is 0. The maximum atomic E-state index is 11.6. The fourth-order valence-corrected chi connectivity index (χ4v) is 2.00. The molecule has 0 radical (unpaired) electrons. The lowest BCUT2D eigenvalue weighted by atomic mass is 9.99. The zero-order chi connectivity index (χ0) is 13.1. The minimum atomic E-state index is -0.781. The number of rotatable bonds is 3. The van der Waals surface area contributed by atoms with Crippen LogP contribution in [0.25, 0.3) is 0 Å². The molecule has 4 heteroatoms. The van der Waals surface area contributed by atoms with Crippen LogP contribution in [0.2, 0.25) is 0 Å². The molecule has 1 saturated heterocycles. The topological polar surface area (TPSA) is 52.6 Å². The van der Waals surface area contributed by atoms with Crippen molar-refractivity contribution in [3.05, 3.63) is 35.4 Å². The van der Waals surface area contributed by atoms with Gasteiger partial charge in [-0.2, -0.15) is 0 Å². The van der Waals surface area contributed by atoms with Gasteiger partial charge in [0.15, 0.2) is 5.92 Å². The lowest BCUT2D eigenvalue weighted by molar-refractivity contribution is -0.156. The summed E-state index contributed by atoms with van der Waals surface area (Å²) in [6.07, 6.45) is 0.0216. The third kappa shape index (κ3) is 2.53. The van der Waals surface area contributed by atoms with E-state index in [4.69, 9.17) is 9.47 Å². The lowest BCUT2D eigenvalue weighted by Crippen LogP contribution is -2.21. The fourth-order valence-electron chi connectivity index (χ4n) is 2.00. The highest BCUT2D eigenvalue weighted by molar-refractivity contribution is 5.96. The molecular formula is C14H16O4. The zero-order valence-electron chi connectivity index (χ0n) is 10.5. The van der Waals surface area contributed by atoms with Crippen molar-refractivity contribution in [2.24, 2.45) is 5.92 Å². The molecule has 96 valence electrons.